The van der Waals surface area contributed by atoms with E-state index in [1.54, 1.807) is 0 Å². The Labute approximate surface area is 118 Å². The number of carbonyl (C=O) groups is 3. The second-order valence-corrected chi connectivity index (χ2v) is 4.87. The Bertz CT molecular complexity index is 595. The molecule has 1 aliphatic rings. The van der Waals surface area contributed by atoms with E-state index in [1.807, 2.05) is 5.32 Å². The van der Waals surface area contributed by atoms with Gasteiger partial charge in [0.15, 0.2) is 0 Å². The minimum Gasteiger partial charge on any atom is -0.277 e. The van der Waals surface area contributed by atoms with Gasteiger partial charge in [-0.25, -0.2) is 9.69 Å². The van der Waals surface area contributed by atoms with Crippen molar-refractivity contribution in [3.05, 3.63) is 28.2 Å². The van der Waals surface area contributed by atoms with E-state index < -0.39 is 36.0 Å². The van der Waals surface area contributed by atoms with Crippen molar-refractivity contribution in [2.24, 2.45) is 0 Å². The standard InChI is InChI=1S/C11H6BrF3N2O3/c12-6-1-5(11(13,14)15)2-7(3-6)17-9(19)4-8(18)16-10(17)20/h1-3H,4H2,(H,16,18,20). The fourth-order valence-electron chi connectivity index (χ4n) is 1.68. The lowest BCUT2D eigenvalue weighted by Crippen LogP contribution is -2.53. The van der Waals surface area contributed by atoms with Crippen LogP contribution in [0.4, 0.5) is 23.7 Å². The highest BCUT2D eigenvalue weighted by Gasteiger charge is 2.35. The topological polar surface area (TPSA) is 66.5 Å². The summed E-state index contributed by atoms with van der Waals surface area (Å²) in [5.74, 6) is -1.67. The molecule has 0 radical (unpaired) electrons. The summed E-state index contributed by atoms with van der Waals surface area (Å²) in [6.45, 7) is 0. The molecule has 2 rings (SSSR count). The van der Waals surface area contributed by atoms with Gasteiger partial charge in [0, 0.05) is 4.47 Å². The summed E-state index contributed by atoms with van der Waals surface area (Å²) in [7, 11) is 0. The van der Waals surface area contributed by atoms with Gasteiger partial charge in [-0.2, -0.15) is 13.2 Å². The van der Waals surface area contributed by atoms with Gasteiger partial charge in [-0.15, -0.1) is 0 Å². The Morgan fingerprint density at radius 3 is 2.35 bits per heavy atom. The molecule has 5 nitrogen and oxygen atoms in total. The molecule has 0 atom stereocenters. The van der Waals surface area contributed by atoms with Crippen molar-refractivity contribution in [3.63, 3.8) is 0 Å². The summed E-state index contributed by atoms with van der Waals surface area (Å²) in [5, 5.41) is 1.87. The largest absolute Gasteiger partial charge is 0.416 e. The number of anilines is 1. The van der Waals surface area contributed by atoms with Gasteiger partial charge in [-0.05, 0) is 18.2 Å². The predicted molar refractivity (Wildman–Crippen MR) is 64.8 cm³/mol. The summed E-state index contributed by atoms with van der Waals surface area (Å²) >= 11 is 2.89. The molecular formula is C11H6BrF3N2O3. The van der Waals surface area contributed by atoms with Crippen molar-refractivity contribution in [1.29, 1.82) is 0 Å². The van der Waals surface area contributed by atoms with Crippen LogP contribution in [0.1, 0.15) is 12.0 Å². The zero-order valence-electron chi connectivity index (χ0n) is 9.62. The predicted octanol–water partition coefficient (Wildman–Crippen LogP) is 2.44. The van der Waals surface area contributed by atoms with Gasteiger partial charge < -0.3 is 0 Å². The number of amides is 4. The van der Waals surface area contributed by atoms with E-state index in [0.29, 0.717) is 11.0 Å². The van der Waals surface area contributed by atoms with E-state index in [0.717, 1.165) is 6.07 Å². The number of hydrogen-bond donors (Lipinski definition) is 1. The molecule has 0 aromatic heterocycles. The maximum Gasteiger partial charge on any atom is 0.416 e. The molecule has 9 heteroatoms. The molecule has 1 heterocycles. The fraction of sp³-hybridized carbons (Fsp3) is 0.182. The first kappa shape index (κ1) is 14.5. The number of nitrogens with one attached hydrogen (secondary N) is 1. The molecule has 1 aromatic rings. The third-order valence-electron chi connectivity index (χ3n) is 2.48. The normalized spacial score (nSPS) is 16.4. The van der Waals surface area contributed by atoms with Crippen molar-refractivity contribution < 1.29 is 27.6 Å². The molecule has 1 N–H and O–H groups in total. The molecule has 0 saturated carbocycles. The Balaban J connectivity index is 2.47. The molecule has 0 unspecified atom stereocenters. The molecule has 1 fully saturated rings. The number of benzene rings is 1. The van der Waals surface area contributed by atoms with Gasteiger partial charge in [0.25, 0.3) is 0 Å². The smallest absolute Gasteiger partial charge is 0.277 e. The lowest BCUT2D eigenvalue weighted by Gasteiger charge is -2.25. The van der Waals surface area contributed by atoms with Crippen LogP contribution >= 0.6 is 15.9 Å². The van der Waals surface area contributed by atoms with Gasteiger partial charge in [0.1, 0.15) is 6.42 Å². The first-order chi connectivity index (χ1) is 9.18. The zero-order valence-corrected chi connectivity index (χ0v) is 11.2. The summed E-state index contributed by atoms with van der Waals surface area (Å²) in [6.07, 6.45) is -5.22. The number of carbonyl (C=O) groups excluding carboxylic acids is 3. The monoisotopic (exact) mass is 350 g/mol. The zero-order chi connectivity index (χ0) is 15.1. The molecule has 1 aromatic carbocycles. The molecule has 0 bridgehead atoms. The summed E-state index contributed by atoms with van der Waals surface area (Å²) in [5.41, 5.74) is -1.28. The molecule has 4 amide bonds. The van der Waals surface area contributed by atoms with E-state index in [-0.39, 0.29) is 10.2 Å². The Hall–Kier alpha value is -1.90. The van der Waals surface area contributed by atoms with E-state index in [1.165, 1.54) is 6.07 Å². The minimum absolute atomic E-state index is 0.0554. The van der Waals surface area contributed by atoms with E-state index in [4.69, 9.17) is 0 Å². The van der Waals surface area contributed by atoms with E-state index >= 15 is 0 Å². The van der Waals surface area contributed by atoms with Gasteiger partial charge in [-0.3, -0.25) is 14.9 Å². The van der Waals surface area contributed by atoms with Crippen molar-refractivity contribution >= 4 is 39.5 Å². The maximum absolute atomic E-state index is 12.7. The van der Waals surface area contributed by atoms with Gasteiger partial charge in [-0.1, -0.05) is 15.9 Å². The number of urea groups is 1. The van der Waals surface area contributed by atoms with Crippen LogP contribution in [-0.4, -0.2) is 17.8 Å². The Kier molecular flexibility index (Phi) is 3.55. The fourth-order valence-corrected chi connectivity index (χ4v) is 2.16. The highest BCUT2D eigenvalue weighted by atomic mass is 79.9. The van der Waals surface area contributed by atoms with Crippen LogP contribution in [0.25, 0.3) is 0 Å². The second-order valence-electron chi connectivity index (χ2n) is 3.96. The summed E-state index contributed by atoms with van der Waals surface area (Å²) < 4.78 is 38.1. The number of imide groups is 2. The lowest BCUT2D eigenvalue weighted by molar-refractivity contribution is -0.137. The van der Waals surface area contributed by atoms with E-state index in [9.17, 15) is 27.6 Å². The van der Waals surface area contributed by atoms with Crippen molar-refractivity contribution in [2.75, 3.05) is 4.90 Å². The van der Waals surface area contributed by atoms with E-state index in [2.05, 4.69) is 15.9 Å². The SMILES string of the molecule is O=C1CC(=O)N(c2cc(Br)cc(C(F)(F)F)c2)C(=O)N1. The maximum atomic E-state index is 12.7. The van der Waals surface area contributed by atoms with Crippen LogP contribution in [0.2, 0.25) is 0 Å². The Morgan fingerprint density at radius 2 is 1.80 bits per heavy atom. The molecule has 1 aliphatic heterocycles. The van der Waals surface area contributed by atoms with Gasteiger partial charge in [0.2, 0.25) is 11.8 Å². The van der Waals surface area contributed by atoms with Crippen LogP contribution in [0.15, 0.2) is 22.7 Å². The molecule has 0 spiro atoms. The van der Waals surface area contributed by atoms with Gasteiger partial charge >= 0.3 is 12.2 Å². The van der Waals surface area contributed by atoms with Crippen molar-refractivity contribution in [3.8, 4) is 0 Å². The number of alkyl halides is 3. The van der Waals surface area contributed by atoms with Crippen LogP contribution in [0.3, 0.4) is 0 Å². The van der Waals surface area contributed by atoms with Crippen LogP contribution in [-0.2, 0) is 15.8 Å². The highest BCUT2D eigenvalue weighted by molar-refractivity contribution is 9.10. The summed E-state index contributed by atoms with van der Waals surface area (Å²) in [6, 6.07) is 1.60. The molecule has 106 valence electrons. The number of halogens is 4. The first-order valence-electron chi connectivity index (χ1n) is 5.23. The van der Waals surface area contributed by atoms with Crippen LogP contribution in [0, 0.1) is 0 Å². The third-order valence-corrected chi connectivity index (χ3v) is 2.94. The average molecular weight is 351 g/mol. The molecular weight excluding hydrogens is 345 g/mol. The highest BCUT2D eigenvalue weighted by Crippen LogP contribution is 2.34. The quantitative estimate of drug-likeness (QED) is 0.791. The second kappa shape index (κ2) is 4.89. The van der Waals surface area contributed by atoms with Gasteiger partial charge in [0.05, 0.1) is 11.3 Å². The molecule has 1 saturated heterocycles. The number of barbiturate groups is 1. The van der Waals surface area contributed by atoms with Crippen molar-refractivity contribution in [1.82, 2.24) is 5.32 Å². The molecule has 20 heavy (non-hydrogen) atoms. The Morgan fingerprint density at radius 1 is 1.15 bits per heavy atom. The lowest BCUT2D eigenvalue weighted by atomic mass is 10.1. The number of hydrogen-bond acceptors (Lipinski definition) is 3. The third kappa shape index (κ3) is 2.82. The van der Waals surface area contributed by atoms with Crippen molar-refractivity contribution in [2.45, 2.75) is 12.6 Å². The average Bonchev–Trinajstić information content (AvgIpc) is 2.25. The van der Waals surface area contributed by atoms with Crippen LogP contribution < -0.4 is 10.2 Å². The summed E-state index contributed by atoms with van der Waals surface area (Å²) in [4.78, 5) is 34.7. The number of nitrogens with zero attached hydrogens (tertiary/aromatic N) is 1. The molecule has 0 aliphatic carbocycles. The minimum atomic E-state index is -4.62. The first-order valence-corrected chi connectivity index (χ1v) is 6.02. The van der Waals surface area contributed by atoms with Crippen LogP contribution in [0.5, 0.6) is 0 Å². The number of rotatable bonds is 1.